The van der Waals surface area contributed by atoms with Crippen LogP contribution in [0.15, 0.2) is 78.9 Å². The molecule has 0 saturated carbocycles. The minimum absolute atomic E-state index is 0.0393. The molecule has 0 unspecified atom stereocenters. The maximum Gasteiger partial charge on any atom is 0.240 e. The van der Waals surface area contributed by atoms with Gasteiger partial charge in [0.1, 0.15) is 30.9 Å². The summed E-state index contributed by atoms with van der Waals surface area (Å²) in [7, 11) is -10.7. The number of nitrogens with zero attached hydrogens (tertiary/aromatic N) is 2. The van der Waals surface area contributed by atoms with Crippen molar-refractivity contribution in [2.75, 3.05) is 18.0 Å². The van der Waals surface area contributed by atoms with Crippen LogP contribution >= 0.6 is 7.81 Å². The second-order valence-corrected chi connectivity index (χ2v) is 11.0. The van der Waals surface area contributed by atoms with Crippen LogP contribution in [0.3, 0.4) is 0 Å². The zero-order chi connectivity index (χ0) is 25.8. The summed E-state index contributed by atoms with van der Waals surface area (Å²) in [6, 6.07) is 28.0. The average Bonchev–Trinajstić information content (AvgIpc) is 3.38. The van der Waals surface area contributed by atoms with E-state index in [9.17, 15) is 30.3 Å². The molecule has 0 bridgehead atoms. The van der Waals surface area contributed by atoms with Crippen molar-refractivity contribution in [3.63, 3.8) is 0 Å². The molecule has 4 aromatic carbocycles. The molecular weight excluding hydrogens is 501 g/mol. The van der Waals surface area contributed by atoms with E-state index in [1.165, 1.54) is 38.4 Å². The Hall–Kier alpha value is -3.16. The molecule has 0 aromatic heterocycles. The monoisotopic (exact) mass is 524 g/mol. The largest absolute Gasteiger partial charge is 0.388 e. The Kier molecular flexibility index (Phi) is 5.40. The maximum atomic E-state index is 10.8. The van der Waals surface area contributed by atoms with E-state index >= 15 is 0 Å². The number of fused-ring (bicyclic) bond motifs is 3. The van der Waals surface area contributed by atoms with Gasteiger partial charge in [-0.15, -0.1) is 0 Å². The topological polar surface area (TPSA) is 26.5 Å². The van der Waals surface area contributed by atoms with Crippen LogP contribution in [0.1, 0.15) is 17.2 Å². The molecule has 0 fully saturated rings. The van der Waals surface area contributed by atoms with Gasteiger partial charge in [-0.2, -0.15) is 0 Å². The van der Waals surface area contributed by atoms with Gasteiger partial charge in [0.05, 0.1) is 0 Å². The predicted octanol–water partition coefficient (Wildman–Crippen LogP) is 7.89. The van der Waals surface area contributed by atoms with Gasteiger partial charge in [0, 0.05) is 22.8 Å². The third kappa shape index (κ3) is 5.47. The molecule has 1 N–H and O–H groups in total. The molecule has 1 aliphatic heterocycles. The molecule has 2 atom stereocenters. The van der Waals surface area contributed by atoms with Gasteiger partial charge in [0.15, 0.2) is 0 Å². The Morgan fingerprint density at radius 3 is 1.92 bits per heavy atom. The summed E-state index contributed by atoms with van der Waals surface area (Å²) >= 11 is 0. The molecule has 10 heteroatoms. The van der Waals surface area contributed by atoms with Crippen LogP contribution in [0, 0.1) is 0 Å². The number of halogens is 6. The molecule has 1 heterocycles. The summed E-state index contributed by atoms with van der Waals surface area (Å²) in [5, 5.41) is 15.9. The van der Waals surface area contributed by atoms with Gasteiger partial charge in [-0.3, -0.25) is 4.58 Å². The fraction of sp³-hybridized carbons (Fsp3) is 0.192. The van der Waals surface area contributed by atoms with Crippen molar-refractivity contribution in [2.45, 2.75) is 18.6 Å². The minimum Gasteiger partial charge on any atom is -0.388 e. The Balaban J connectivity index is 0.000000338. The van der Waals surface area contributed by atoms with Crippen LogP contribution in [0.2, 0.25) is 0 Å². The molecule has 6 rings (SSSR count). The minimum atomic E-state index is -10.7. The smallest absolute Gasteiger partial charge is 0.240 e. The van der Waals surface area contributed by atoms with E-state index in [1.54, 1.807) is 0 Å². The SMILES string of the molecule is F[P-](F)(F)(F)(F)F.O[C@H]1Cc2ccccc2[C@@H]1[N+]1=CN(c2c3ccccc3cc3ccccc23)CC1. The van der Waals surface area contributed by atoms with E-state index in [2.05, 4.69) is 94.7 Å². The van der Waals surface area contributed by atoms with Gasteiger partial charge < -0.3 is 5.11 Å². The number of aliphatic hydroxyl groups is 1. The van der Waals surface area contributed by atoms with E-state index in [4.69, 9.17) is 0 Å². The van der Waals surface area contributed by atoms with E-state index in [1.807, 2.05) is 0 Å². The summed E-state index contributed by atoms with van der Waals surface area (Å²) in [5.74, 6) is 0. The van der Waals surface area contributed by atoms with Crippen molar-refractivity contribution < 1.29 is 34.9 Å². The van der Waals surface area contributed by atoms with Gasteiger partial charge in [-0.25, -0.2) is 4.90 Å². The summed E-state index contributed by atoms with van der Waals surface area (Å²) < 4.78 is 61.5. The third-order valence-corrected chi connectivity index (χ3v) is 6.44. The van der Waals surface area contributed by atoms with E-state index in [-0.39, 0.29) is 12.1 Å². The van der Waals surface area contributed by atoms with Gasteiger partial charge in [-0.1, -0.05) is 72.8 Å². The quantitative estimate of drug-likeness (QED) is 0.125. The fourth-order valence-corrected chi connectivity index (χ4v) is 5.15. The summed E-state index contributed by atoms with van der Waals surface area (Å²) in [5.41, 5.74) is 3.80. The molecular formula is C26H23F6N2OP. The van der Waals surface area contributed by atoms with Gasteiger partial charge in [0.25, 0.3) is 0 Å². The summed E-state index contributed by atoms with van der Waals surface area (Å²) in [4.78, 5) is 2.37. The Labute approximate surface area is 203 Å². The second kappa shape index (κ2) is 7.92. The Morgan fingerprint density at radius 1 is 0.778 bits per heavy atom. The molecule has 0 amide bonds. The first-order chi connectivity index (χ1) is 16.7. The Bertz CT molecular complexity index is 1440. The molecule has 0 spiro atoms. The molecule has 0 saturated heterocycles. The van der Waals surface area contributed by atoms with Crippen molar-refractivity contribution in [1.82, 2.24) is 0 Å². The third-order valence-electron chi connectivity index (χ3n) is 6.44. The molecule has 2 aliphatic rings. The molecule has 4 aromatic rings. The van der Waals surface area contributed by atoms with Crippen molar-refractivity contribution in [3.8, 4) is 0 Å². The van der Waals surface area contributed by atoms with Crippen LogP contribution < -0.4 is 4.90 Å². The van der Waals surface area contributed by atoms with Crippen molar-refractivity contribution in [2.24, 2.45) is 0 Å². The fourth-order valence-electron chi connectivity index (χ4n) is 5.15. The number of hydrogen-bond acceptors (Lipinski definition) is 2. The van der Waals surface area contributed by atoms with Gasteiger partial charge in [0.2, 0.25) is 6.34 Å². The molecule has 1 aliphatic carbocycles. The standard InChI is InChI=1S/C26H23N2O.F6P/c29-24-16-20-9-3-6-12-23(20)26(24)28-14-13-27(17-28)25-21-10-4-1-7-18(21)15-19-8-2-5-11-22(19)25;1-7(2,3,4,5)6/h1-12,15,17,24,26,29H,13-14,16H2;/q+1;-1/t24-,26-;/m0./s1. The summed E-state index contributed by atoms with van der Waals surface area (Å²) in [6.07, 6.45) is 2.61. The van der Waals surface area contributed by atoms with Crippen molar-refractivity contribution in [1.29, 1.82) is 0 Å². The van der Waals surface area contributed by atoms with Gasteiger partial charge >= 0.3 is 33.0 Å². The summed E-state index contributed by atoms with van der Waals surface area (Å²) in [6.45, 7) is 1.83. The molecule has 36 heavy (non-hydrogen) atoms. The number of benzene rings is 4. The normalized spacial score (nSPS) is 21.4. The Morgan fingerprint density at radius 2 is 1.31 bits per heavy atom. The van der Waals surface area contributed by atoms with E-state index in [0.717, 1.165) is 19.5 Å². The number of anilines is 1. The van der Waals surface area contributed by atoms with Crippen molar-refractivity contribution in [3.05, 3.63) is 90.0 Å². The van der Waals surface area contributed by atoms with Crippen LogP contribution in [-0.4, -0.2) is 35.2 Å². The molecule has 0 radical (unpaired) electrons. The van der Waals surface area contributed by atoms with Crippen LogP contribution in [-0.2, 0) is 6.42 Å². The van der Waals surface area contributed by atoms with Gasteiger partial charge in [-0.05, 0) is 22.4 Å². The van der Waals surface area contributed by atoms with E-state index in [0.29, 0.717) is 0 Å². The maximum absolute atomic E-state index is 10.8. The number of rotatable bonds is 2. The number of aliphatic hydroxyl groups excluding tert-OH is 1. The van der Waals surface area contributed by atoms with Crippen LogP contribution in [0.4, 0.5) is 30.9 Å². The van der Waals surface area contributed by atoms with Crippen LogP contribution in [0.25, 0.3) is 21.5 Å². The average molecular weight is 524 g/mol. The first-order valence-corrected chi connectivity index (χ1v) is 13.4. The first kappa shape index (κ1) is 24.5. The van der Waals surface area contributed by atoms with Crippen molar-refractivity contribution >= 4 is 41.4 Å². The zero-order valence-electron chi connectivity index (χ0n) is 18.9. The van der Waals surface area contributed by atoms with E-state index < -0.39 is 7.81 Å². The number of hydrogen-bond donors (Lipinski definition) is 1. The zero-order valence-corrected chi connectivity index (χ0v) is 19.8. The molecule has 190 valence electrons. The molecule has 3 nitrogen and oxygen atoms in total. The van der Waals surface area contributed by atoms with Crippen LogP contribution in [0.5, 0.6) is 0 Å². The predicted molar refractivity (Wildman–Crippen MR) is 132 cm³/mol. The second-order valence-electron chi connectivity index (χ2n) is 9.09. The first-order valence-electron chi connectivity index (χ1n) is 11.3.